The van der Waals surface area contributed by atoms with Crippen molar-refractivity contribution < 1.29 is 4.79 Å². The molecule has 0 spiro atoms. The molecule has 0 fully saturated rings. The second-order valence-corrected chi connectivity index (χ2v) is 6.09. The Labute approximate surface area is 144 Å². The number of carbonyl (C=O) groups is 1. The Morgan fingerprint density at radius 1 is 1.08 bits per heavy atom. The summed E-state index contributed by atoms with van der Waals surface area (Å²) in [5.74, 6) is 0. The second-order valence-electron chi connectivity index (χ2n) is 5.23. The summed E-state index contributed by atoms with van der Waals surface area (Å²) >= 11 is 1.62. The number of hydrogen-bond acceptors (Lipinski definition) is 4. The van der Waals surface area contributed by atoms with Crippen LogP contribution >= 0.6 is 11.3 Å². The maximum Gasteiger partial charge on any atom is 0.315 e. The first-order chi connectivity index (χ1) is 11.8. The third kappa shape index (κ3) is 4.63. The van der Waals surface area contributed by atoms with Crippen LogP contribution in [0, 0.1) is 0 Å². The molecular formula is C18H18N4OS. The summed E-state index contributed by atoms with van der Waals surface area (Å²) in [7, 11) is 0. The summed E-state index contributed by atoms with van der Waals surface area (Å²) in [4.78, 5) is 20.4. The van der Waals surface area contributed by atoms with E-state index in [2.05, 4.69) is 20.6 Å². The van der Waals surface area contributed by atoms with E-state index in [-0.39, 0.29) is 6.03 Å². The topological polar surface area (TPSA) is 66.9 Å². The molecule has 2 heterocycles. The zero-order chi connectivity index (χ0) is 16.6. The van der Waals surface area contributed by atoms with Crippen LogP contribution in [0.1, 0.15) is 11.3 Å². The van der Waals surface area contributed by atoms with Gasteiger partial charge in [-0.15, -0.1) is 11.3 Å². The molecular weight excluding hydrogens is 320 g/mol. The number of rotatable bonds is 6. The Balaban J connectivity index is 1.42. The van der Waals surface area contributed by atoms with Gasteiger partial charge < -0.3 is 10.6 Å². The Kier molecular flexibility index (Phi) is 5.52. The van der Waals surface area contributed by atoms with Gasteiger partial charge in [0.05, 0.1) is 5.69 Å². The van der Waals surface area contributed by atoms with E-state index < -0.39 is 0 Å². The van der Waals surface area contributed by atoms with Crippen LogP contribution in [0.15, 0.2) is 60.2 Å². The number of nitrogens with zero attached hydrogens (tertiary/aromatic N) is 2. The van der Waals surface area contributed by atoms with E-state index in [9.17, 15) is 4.79 Å². The number of aromatic nitrogens is 2. The molecule has 0 aliphatic heterocycles. The molecule has 122 valence electrons. The van der Waals surface area contributed by atoms with Gasteiger partial charge in [-0.1, -0.05) is 36.4 Å². The standard InChI is InChI=1S/C18H18N4OS/c23-18(21-12-14-5-4-9-19-11-14)20-10-8-16-13-24-17(22-16)15-6-2-1-3-7-15/h1-7,9,11,13H,8,10,12H2,(H2,20,21,23). The van der Waals surface area contributed by atoms with Gasteiger partial charge in [-0.3, -0.25) is 4.98 Å². The van der Waals surface area contributed by atoms with Gasteiger partial charge in [0.25, 0.3) is 0 Å². The van der Waals surface area contributed by atoms with Crippen LogP contribution in [0.5, 0.6) is 0 Å². The zero-order valence-electron chi connectivity index (χ0n) is 13.1. The van der Waals surface area contributed by atoms with Gasteiger partial charge in [0.1, 0.15) is 5.01 Å². The highest BCUT2D eigenvalue weighted by Crippen LogP contribution is 2.23. The van der Waals surface area contributed by atoms with E-state index in [1.807, 2.05) is 47.8 Å². The highest BCUT2D eigenvalue weighted by Gasteiger charge is 2.05. The van der Waals surface area contributed by atoms with Crippen molar-refractivity contribution in [2.45, 2.75) is 13.0 Å². The highest BCUT2D eigenvalue weighted by molar-refractivity contribution is 7.13. The Morgan fingerprint density at radius 2 is 1.96 bits per heavy atom. The lowest BCUT2D eigenvalue weighted by Crippen LogP contribution is -2.36. The first-order valence-electron chi connectivity index (χ1n) is 7.72. The summed E-state index contributed by atoms with van der Waals surface area (Å²) in [6.45, 7) is 1.02. The molecule has 2 amide bonds. The first-order valence-corrected chi connectivity index (χ1v) is 8.59. The van der Waals surface area contributed by atoms with E-state index >= 15 is 0 Å². The predicted octanol–water partition coefficient (Wildman–Crippen LogP) is 3.25. The summed E-state index contributed by atoms with van der Waals surface area (Å²) in [5.41, 5.74) is 3.09. The fourth-order valence-corrected chi connectivity index (χ4v) is 3.05. The average molecular weight is 338 g/mol. The molecule has 0 saturated heterocycles. The van der Waals surface area contributed by atoms with Crippen LogP contribution in [0.3, 0.4) is 0 Å². The fourth-order valence-electron chi connectivity index (χ4n) is 2.19. The first kappa shape index (κ1) is 16.1. The molecule has 0 bridgehead atoms. The van der Waals surface area contributed by atoms with Gasteiger partial charge in [-0.25, -0.2) is 9.78 Å². The Bertz CT molecular complexity index is 774. The van der Waals surface area contributed by atoms with Crippen molar-refractivity contribution in [2.24, 2.45) is 0 Å². The van der Waals surface area contributed by atoms with E-state index in [4.69, 9.17) is 0 Å². The monoisotopic (exact) mass is 338 g/mol. The maximum absolute atomic E-state index is 11.8. The number of thiazole rings is 1. The molecule has 24 heavy (non-hydrogen) atoms. The van der Waals surface area contributed by atoms with Crippen molar-refractivity contribution in [2.75, 3.05) is 6.54 Å². The van der Waals surface area contributed by atoms with Crippen LogP contribution in [0.4, 0.5) is 4.79 Å². The molecule has 2 N–H and O–H groups in total. The van der Waals surface area contributed by atoms with Crippen LogP contribution in [0.2, 0.25) is 0 Å². The van der Waals surface area contributed by atoms with Crippen molar-refractivity contribution in [3.05, 3.63) is 71.5 Å². The van der Waals surface area contributed by atoms with E-state index in [1.165, 1.54) is 0 Å². The lowest BCUT2D eigenvalue weighted by Gasteiger charge is -2.06. The van der Waals surface area contributed by atoms with Gasteiger partial charge in [0, 0.05) is 42.8 Å². The summed E-state index contributed by atoms with van der Waals surface area (Å²) in [6, 6.07) is 13.7. The number of carbonyl (C=O) groups excluding carboxylic acids is 1. The minimum absolute atomic E-state index is 0.183. The van der Waals surface area contributed by atoms with Gasteiger partial charge in [0.2, 0.25) is 0 Å². The predicted molar refractivity (Wildman–Crippen MR) is 95.7 cm³/mol. The number of amides is 2. The number of benzene rings is 1. The fraction of sp³-hybridized carbons (Fsp3) is 0.167. The molecule has 2 aromatic heterocycles. The van der Waals surface area contributed by atoms with Gasteiger partial charge in [-0.2, -0.15) is 0 Å². The Hall–Kier alpha value is -2.73. The minimum atomic E-state index is -0.183. The molecule has 0 aliphatic carbocycles. The zero-order valence-corrected chi connectivity index (χ0v) is 13.9. The third-order valence-corrected chi connectivity index (χ3v) is 4.36. The summed E-state index contributed by atoms with van der Waals surface area (Å²) < 4.78 is 0. The van der Waals surface area contributed by atoms with Crippen molar-refractivity contribution >= 4 is 17.4 Å². The van der Waals surface area contributed by atoms with Crippen LogP contribution in [-0.2, 0) is 13.0 Å². The van der Waals surface area contributed by atoms with Crippen LogP contribution < -0.4 is 10.6 Å². The molecule has 0 unspecified atom stereocenters. The number of nitrogens with one attached hydrogen (secondary N) is 2. The van der Waals surface area contributed by atoms with Gasteiger partial charge in [-0.05, 0) is 11.6 Å². The maximum atomic E-state index is 11.8. The van der Waals surface area contributed by atoms with Gasteiger partial charge in [0.15, 0.2) is 0 Å². The van der Waals surface area contributed by atoms with Crippen molar-refractivity contribution in [3.63, 3.8) is 0 Å². The average Bonchev–Trinajstić information content (AvgIpc) is 3.11. The van der Waals surface area contributed by atoms with E-state index in [1.54, 1.807) is 23.7 Å². The number of hydrogen-bond donors (Lipinski definition) is 2. The van der Waals surface area contributed by atoms with Gasteiger partial charge >= 0.3 is 6.03 Å². The quantitative estimate of drug-likeness (QED) is 0.725. The summed E-state index contributed by atoms with van der Waals surface area (Å²) in [5, 5.41) is 8.70. The van der Waals surface area contributed by atoms with E-state index in [0.29, 0.717) is 19.5 Å². The smallest absolute Gasteiger partial charge is 0.315 e. The molecule has 0 atom stereocenters. The molecule has 3 rings (SSSR count). The molecule has 0 aliphatic rings. The largest absolute Gasteiger partial charge is 0.338 e. The Morgan fingerprint density at radius 3 is 2.75 bits per heavy atom. The molecule has 1 aromatic carbocycles. The van der Waals surface area contributed by atoms with Crippen molar-refractivity contribution in [1.29, 1.82) is 0 Å². The summed E-state index contributed by atoms with van der Waals surface area (Å²) in [6.07, 6.45) is 4.16. The molecule has 0 radical (unpaired) electrons. The molecule has 3 aromatic rings. The highest BCUT2D eigenvalue weighted by atomic mass is 32.1. The SMILES string of the molecule is O=C(NCCc1csc(-c2ccccc2)n1)NCc1cccnc1. The minimum Gasteiger partial charge on any atom is -0.338 e. The van der Waals surface area contributed by atoms with Crippen LogP contribution in [-0.4, -0.2) is 22.5 Å². The van der Waals surface area contributed by atoms with E-state index in [0.717, 1.165) is 21.8 Å². The molecule has 5 nitrogen and oxygen atoms in total. The normalized spacial score (nSPS) is 10.3. The van der Waals surface area contributed by atoms with Crippen molar-refractivity contribution in [1.82, 2.24) is 20.6 Å². The second kappa shape index (κ2) is 8.21. The third-order valence-electron chi connectivity index (χ3n) is 3.42. The lowest BCUT2D eigenvalue weighted by molar-refractivity contribution is 0.240. The number of urea groups is 1. The number of pyridine rings is 1. The molecule has 6 heteroatoms. The van der Waals surface area contributed by atoms with Crippen LogP contribution in [0.25, 0.3) is 10.6 Å². The van der Waals surface area contributed by atoms with Crippen molar-refractivity contribution in [3.8, 4) is 10.6 Å². The molecule has 0 saturated carbocycles. The lowest BCUT2D eigenvalue weighted by atomic mass is 10.2.